The number of hydrogen-bond donors (Lipinski definition) is 0. The maximum Gasteiger partial charge on any atom is 0.269 e. The topological polar surface area (TPSA) is 93.0 Å². The van der Waals surface area contributed by atoms with Gasteiger partial charge in [0.15, 0.2) is 0 Å². The molecule has 0 amide bonds. The van der Waals surface area contributed by atoms with Gasteiger partial charge in [0.2, 0.25) is 10.0 Å². The number of nitro benzene ring substituents is 1. The highest BCUT2D eigenvalue weighted by Crippen LogP contribution is 2.21. The number of benzene rings is 1. The van der Waals surface area contributed by atoms with E-state index < -0.39 is 14.9 Å². The molecule has 0 spiro atoms. The third-order valence-corrected chi connectivity index (χ3v) is 5.90. The van der Waals surface area contributed by atoms with Crippen LogP contribution in [0.1, 0.15) is 6.92 Å². The highest BCUT2D eigenvalue weighted by atomic mass is 32.2. The van der Waals surface area contributed by atoms with E-state index in [-0.39, 0.29) is 16.6 Å². The fraction of sp³-hybridized carbons (Fsp3) is 0.571. The van der Waals surface area contributed by atoms with Gasteiger partial charge in [-0.05, 0) is 19.1 Å². The highest BCUT2D eigenvalue weighted by Gasteiger charge is 2.30. The van der Waals surface area contributed by atoms with Crippen molar-refractivity contribution in [3.05, 3.63) is 34.4 Å². The third kappa shape index (κ3) is 4.05. The van der Waals surface area contributed by atoms with Gasteiger partial charge >= 0.3 is 0 Å². The second-order valence-electron chi connectivity index (χ2n) is 5.50. The molecule has 9 heteroatoms. The Balaban J connectivity index is 2.05. The normalized spacial score (nSPS) is 18.7. The van der Waals surface area contributed by atoms with Crippen molar-refractivity contribution in [3.8, 4) is 0 Å². The number of ether oxygens (including phenoxy) is 1. The molecule has 0 aliphatic carbocycles. The number of nitrogens with zero attached hydrogens (tertiary/aromatic N) is 3. The summed E-state index contributed by atoms with van der Waals surface area (Å²) in [6, 6.07) is 5.23. The molecule has 1 aromatic carbocycles. The van der Waals surface area contributed by atoms with Crippen molar-refractivity contribution >= 4 is 15.7 Å². The van der Waals surface area contributed by atoms with Crippen LogP contribution in [0.3, 0.4) is 0 Å². The summed E-state index contributed by atoms with van der Waals surface area (Å²) in [4.78, 5) is 12.4. The number of methoxy groups -OCH3 is 1. The quantitative estimate of drug-likeness (QED) is 0.564. The van der Waals surface area contributed by atoms with E-state index in [0.717, 1.165) is 0 Å². The van der Waals surface area contributed by atoms with Gasteiger partial charge in [0.25, 0.3) is 5.69 Å². The van der Waals surface area contributed by atoms with Crippen molar-refractivity contribution in [1.82, 2.24) is 9.21 Å². The molecule has 0 unspecified atom stereocenters. The Morgan fingerprint density at radius 1 is 1.22 bits per heavy atom. The van der Waals surface area contributed by atoms with E-state index in [2.05, 4.69) is 4.90 Å². The smallest absolute Gasteiger partial charge is 0.269 e. The van der Waals surface area contributed by atoms with Crippen LogP contribution in [0.2, 0.25) is 0 Å². The average molecular weight is 343 g/mol. The number of hydrogen-bond acceptors (Lipinski definition) is 6. The lowest BCUT2D eigenvalue weighted by atomic mass is 10.2. The van der Waals surface area contributed by atoms with E-state index >= 15 is 0 Å². The van der Waals surface area contributed by atoms with E-state index in [1.165, 1.54) is 28.6 Å². The molecule has 1 aliphatic rings. The molecule has 0 saturated carbocycles. The van der Waals surface area contributed by atoms with Gasteiger partial charge in [-0.1, -0.05) is 0 Å². The molecule has 23 heavy (non-hydrogen) atoms. The molecular weight excluding hydrogens is 322 g/mol. The van der Waals surface area contributed by atoms with E-state index in [9.17, 15) is 18.5 Å². The van der Waals surface area contributed by atoms with Crippen LogP contribution in [0, 0.1) is 10.1 Å². The van der Waals surface area contributed by atoms with Crippen LogP contribution >= 0.6 is 0 Å². The van der Waals surface area contributed by atoms with Crippen LogP contribution in [0.15, 0.2) is 29.2 Å². The number of sulfonamides is 1. The average Bonchev–Trinajstić information content (AvgIpc) is 2.55. The van der Waals surface area contributed by atoms with Crippen molar-refractivity contribution in [1.29, 1.82) is 0 Å². The van der Waals surface area contributed by atoms with E-state index in [1.807, 2.05) is 6.92 Å². The van der Waals surface area contributed by atoms with Crippen LogP contribution in [-0.2, 0) is 14.8 Å². The molecule has 1 atom stereocenters. The Labute approximate surface area is 135 Å². The minimum atomic E-state index is -3.61. The minimum Gasteiger partial charge on any atom is -0.383 e. The Bertz CT molecular complexity index is 639. The molecule has 0 N–H and O–H groups in total. The lowest BCUT2D eigenvalue weighted by molar-refractivity contribution is -0.384. The van der Waals surface area contributed by atoms with Crippen LogP contribution in [-0.4, -0.2) is 68.5 Å². The fourth-order valence-corrected chi connectivity index (χ4v) is 4.04. The van der Waals surface area contributed by atoms with Gasteiger partial charge in [0.1, 0.15) is 0 Å². The van der Waals surface area contributed by atoms with Crippen LogP contribution in [0.25, 0.3) is 0 Å². The first-order chi connectivity index (χ1) is 10.9. The number of piperazine rings is 1. The van der Waals surface area contributed by atoms with Gasteiger partial charge in [-0.2, -0.15) is 4.31 Å². The fourth-order valence-electron chi connectivity index (χ4n) is 2.62. The molecule has 8 nitrogen and oxygen atoms in total. The van der Waals surface area contributed by atoms with Crippen LogP contribution in [0.5, 0.6) is 0 Å². The van der Waals surface area contributed by atoms with Crippen molar-refractivity contribution in [2.45, 2.75) is 17.9 Å². The molecule has 2 rings (SSSR count). The Morgan fingerprint density at radius 2 is 1.78 bits per heavy atom. The van der Waals surface area contributed by atoms with Crippen molar-refractivity contribution in [3.63, 3.8) is 0 Å². The Morgan fingerprint density at radius 3 is 2.26 bits per heavy atom. The summed E-state index contributed by atoms with van der Waals surface area (Å²) in [6.07, 6.45) is 0. The number of rotatable bonds is 6. The predicted octanol–water partition coefficient (Wildman–Crippen LogP) is 0.936. The first-order valence-electron chi connectivity index (χ1n) is 7.34. The molecule has 1 aliphatic heterocycles. The summed E-state index contributed by atoms with van der Waals surface area (Å²) in [7, 11) is -1.97. The lowest BCUT2D eigenvalue weighted by Gasteiger charge is -2.37. The van der Waals surface area contributed by atoms with Gasteiger partial charge < -0.3 is 4.74 Å². The molecule has 0 radical (unpaired) electrons. The number of nitro groups is 1. The van der Waals surface area contributed by atoms with Crippen molar-refractivity contribution in [2.24, 2.45) is 0 Å². The first kappa shape index (κ1) is 17.8. The maximum atomic E-state index is 12.6. The largest absolute Gasteiger partial charge is 0.383 e. The molecular formula is C14H21N3O5S. The summed E-state index contributed by atoms with van der Waals surface area (Å²) in [5.74, 6) is 0. The summed E-state index contributed by atoms with van der Waals surface area (Å²) in [5.41, 5.74) is -0.123. The molecule has 1 fully saturated rings. The molecule has 1 saturated heterocycles. The standard InChI is InChI=1S/C14H21N3O5S/c1-12(11-22-2)15-7-9-16(10-8-15)23(20,21)14-5-3-13(4-6-14)17(18)19/h3-6,12H,7-11H2,1-2H3/t12-/m0/s1. The van der Waals surface area contributed by atoms with Gasteiger partial charge in [0, 0.05) is 51.5 Å². The summed E-state index contributed by atoms with van der Waals surface area (Å²) < 4.78 is 31.7. The van der Waals surface area contributed by atoms with Gasteiger partial charge in [-0.3, -0.25) is 15.0 Å². The molecule has 0 bridgehead atoms. The summed E-state index contributed by atoms with van der Waals surface area (Å²) in [6.45, 7) is 4.72. The first-order valence-corrected chi connectivity index (χ1v) is 8.78. The molecule has 128 valence electrons. The second kappa shape index (κ2) is 7.35. The van der Waals surface area contributed by atoms with E-state index in [4.69, 9.17) is 4.74 Å². The van der Waals surface area contributed by atoms with Gasteiger partial charge in [-0.25, -0.2) is 8.42 Å². The highest BCUT2D eigenvalue weighted by molar-refractivity contribution is 7.89. The van der Waals surface area contributed by atoms with Crippen LogP contribution in [0.4, 0.5) is 5.69 Å². The van der Waals surface area contributed by atoms with Gasteiger partial charge in [0.05, 0.1) is 16.4 Å². The zero-order valence-corrected chi connectivity index (χ0v) is 14.0. The van der Waals surface area contributed by atoms with Crippen LogP contribution < -0.4 is 0 Å². The predicted molar refractivity (Wildman–Crippen MR) is 84.8 cm³/mol. The summed E-state index contributed by atoms with van der Waals surface area (Å²) in [5, 5.41) is 10.6. The molecule has 1 aromatic rings. The zero-order chi connectivity index (χ0) is 17.0. The summed E-state index contributed by atoms with van der Waals surface area (Å²) >= 11 is 0. The van der Waals surface area contributed by atoms with E-state index in [0.29, 0.717) is 32.8 Å². The second-order valence-corrected chi connectivity index (χ2v) is 7.43. The lowest BCUT2D eigenvalue weighted by Crippen LogP contribution is -2.52. The third-order valence-electron chi connectivity index (χ3n) is 3.99. The number of non-ortho nitro benzene ring substituents is 1. The Kier molecular flexibility index (Phi) is 5.69. The van der Waals surface area contributed by atoms with Crippen molar-refractivity contribution < 1.29 is 18.1 Å². The maximum absolute atomic E-state index is 12.6. The Hall–Kier alpha value is -1.55. The zero-order valence-electron chi connectivity index (χ0n) is 13.2. The van der Waals surface area contributed by atoms with Gasteiger partial charge in [-0.15, -0.1) is 0 Å². The monoisotopic (exact) mass is 343 g/mol. The van der Waals surface area contributed by atoms with Crippen molar-refractivity contribution in [2.75, 3.05) is 39.9 Å². The minimum absolute atomic E-state index is 0.0847. The SMILES string of the molecule is COC[C@H](C)N1CCN(S(=O)(=O)c2ccc([N+](=O)[O-])cc2)CC1. The van der Waals surface area contributed by atoms with E-state index in [1.54, 1.807) is 7.11 Å². The molecule has 0 aromatic heterocycles. The molecule has 1 heterocycles.